The van der Waals surface area contributed by atoms with E-state index in [1.807, 2.05) is 0 Å². The van der Waals surface area contributed by atoms with Crippen molar-refractivity contribution in [1.82, 2.24) is 0 Å². The van der Waals surface area contributed by atoms with Crippen molar-refractivity contribution >= 4 is 11.9 Å². The molecule has 0 heterocycles. The van der Waals surface area contributed by atoms with Crippen LogP contribution in [0, 0.1) is 0 Å². The molecule has 1 rings (SSSR count). The van der Waals surface area contributed by atoms with Crippen LogP contribution in [0.2, 0.25) is 0 Å². The van der Waals surface area contributed by atoms with E-state index in [1.54, 1.807) is 0 Å². The third kappa shape index (κ3) is 6.43. The van der Waals surface area contributed by atoms with Crippen LogP contribution in [0.4, 0.5) is 0 Å². The van der Waals surface area contributed by atoms with Crippen LogP contribution in [0.15, 0.2) is 24.2 Å². The van der Waals surface area contributed by atoms with E-state index >= 15 is 0 Å². The minimum absolute atomic E-state index is 0.0917. The maximum absolute atomic E-state index is 12.1. The fraction of sp³-hybridized carbons (Fsp3) is 0.529. The lowest BCUT2D eigenvalue weighted by atomic mass is 10.1. The molecule has 0 radical (unpaired) electrons. The molecule has 0 unspecified atom stereocenters. The summed E-state index contributed by atoms with van der Waals surface area (Å²) in [6.45, 7) is 2.23. The molecule has 0 spiro atoms. The van der Waals surface area contributed by atoms with Crippen molar-refractivity contribution in [3.8, 4) is 0 Å². The average molecular weight is 296 g/mol. The van der Waals surface area contributed by atoms with Crippen LogP contribution in [0.5, 0.6) is 0 Å². The maximum atomic E-state index is 12.1. The van der Waals surface area contributed by atoms with Gasteiger partial charge in [0, 0.05) is 0 Å². The van der Waals surface area contributed by atoms with Crippen molar-refractivity contribution in [3.05, 3.63) is 35.3 Å². The highest BCUT2D eigenvalue weighted by Crippen LogP contribution is 2.11. The summed E-state index contributed by atoms with van der Waals surface area (Å²) in [5.41, 5.74) is -1.38. The lowest BCUT2D eigenvalue weighted by molar-refractivity contribution is 0.0487. The Bertz CT molecular complexity index is 632. The summed E-state index contributed by atoms with van der Waals surface area (Å²) >= 11 is 0. The molecular weight excluding hydrogens is 268 g/mol. The SMILES string of the molecule is [2H]c1c([2H])c([2H])c(C(=O)OCCCCCCCCC)c(C(=O)O)c1[2H]. The molecule has 21 heavy (non-hydrogen) atoms. The van der Waals surface area contributed by atoms with Gasteiger partial charge >= 0.3 is 11.9 Å². The molecule has 1 aromatic rings. The van der Waals surface area contributed by atoms with Crippen LogP contribution in [-0.4, -0.2) is 23.7 Å². The van der Waals surface area contributed by atoms with Crippen molar-refractivity contribution in [1.29, 1.82) is 0 Å². The molecule has 4 nitrogen and oxygen atoms in total. The number of aromatic carboxylic acids is 1. The second-order valence-corrected chi connectivity index (χ2v) is 4.81. The quantitative estimate of drug-likeness (QED) is 0.516. The van der Waals surface area contributed by atoms with Crippen LogP contribution in [0.25, 0.3) is 0 Å². The van der Waals surface area contributed by atoms with Crippen molar-refractivity contribution in [2.45, 2.75) is 51.9 Å². The lowest BCUT2D eigenvalue weighted by Crippen LogP contribution is -2.12. The maximum Gasteiger partial charge on any atom is 0.339 e. The lowest BCUT2D eigenvalue weighted by Gasteiger charge is -2.07. The molecule has 0 bridgehead atoms. The Morgan fingerprint density at radius 2 is 1.62 bits per heavy atom. The molecule has 0 fully saturated rings. The molecule has 0 saturated carbocycles. The van der Waals surface area contributed by atoms with Gasteiger partial charge in [-0.15, -0.1) is 0 Å². The zero-order chi connectivity index (χ0) is 19.0. The number of ether oxygens (including phenoxy) is 1. The molecule has 0 aliphatic rings. The van der Waals surface area contributed by atoms with Gasteiger partial charge in [0.1, 0.15) is 0 Å². The van der Waals surface area contributed by atoms with E-state index in [1.165, 1.54) is 19.3 Å². The summed E-state index contributed by atoms with van der Waals surface area (Å²) in [7, 11) is 0. The van der Waals surface area contributed by atoms with E-state index in [0.29, 0.717) is 6.42 Å². The Kier molecular flexibility index (Phi) is 5.59. The normalized spacial score (nSPS) is 13.0. The molecule has 0 aliphatic carbocycles. The summed E-state index contributed by atoms with van der Waals surface area (Å²) in [5.74, 6) is -2.62. The van der Waals surface area contributed by atoms with Gasteiger partial charge in [-0.05, 0) is 18.5 Å². The van der Waals surface area contributed by atoms with E-state index in [2.05, 4.69) is 6.92 Å². The van der Waals surface area contributed by atoms with Gasteiger partial charge in [-0.3, -0.25) is 0 Å². The first kappa shape index (κ1) is 11.8. The minimum atomic E-state index is -1.59. The van der Waals surface area contributed by atoms with Crippen molar-refractivity contribution in [2.75, 3.05) is 6.61 Å². The van der Waals surface area contributed by atoms with Gasteiger partial charge < -0.3 is 9.84 Å². The fourth-order valence-electron chi connectivity index (χ4n) is 1.92. The zero-order valence-electron chi connectivity index (χ0n) is 16.3. The van der Waals surface area contributed by atoms with Crippen molar-refractivity contribution < 1.29 is 24.9 Å². The third-order valence-corrected chi connectivity index (χ3v) is 3.09. The van der Waals surface area contributed by atoms with E-state index in [4.69, 9.17) is 10.2 Å². The molecular formula is C17H24O4. The number of benzene rings is 1. The standard InChI is InChI=1S/C17H24O4/c1-2-3-4-5-6-7-10-13-21-17(20)15-12-9-8-11-14(15)16(18)19/h8-9,11-12H,2-7,10,13H2,1H3,(H,18,19)/i8D,9D,11D,12D. The Hall–Kier alpha value is -1.84. The highest BCUT2D eigenvalue weighted by atomic mass is 16.5. The molecule has 1 aromatic carbocycles. The van der Waals surface area contributed by atoms with Crippen LogP contribution in [0.1, 0.15) is 78.1 Å². The molecule has 0 amide bonds. The summed E-state index contributed by atoms with van der Waals surface area (Å²) in [6.07, 6.45) is 7.22. The Labute approximate surface area is 131 Å². The highest BCUT2D eigenvalue weighted by molar-refractivity contribution is 6.02. The van der Waals surface area contributed by atoms with Gasteiger partial charge in [0.25, 0.3) is 0 Å². The van der Waals surface area contributed by atoms with E-state index in [0.717, 1.165) is 19.3 Å². The summed E-state index contributed by atoms with van der Waals surface area (Å²) < 4.78 is 35.5. The molecule has 0 aliphatic heterocycles. The molecule has 0 aromatic heterocycles. The van der Waals surface area contributed by atoms with Gasteiger partial charge in [0.2, 0.25) is 0 Å². The first-order valence-electron chi connectivity index (χ1n) is 9.33. The zero-order valence-corrected chi connectivity index (χ0v) is 12.3. The number of carbonyl (C=O) groups excluding carboxylic acids is 1. The van der Waals surface area contributed by atoms with Gasteiger partial charge in [-0.2, -0.15) is 0 Å². The van der Waals surface area contributed by atoms with Gasteiger partial charge in [-0.1, -0.05) is 57.5 Å². The predicted octanol–water partition coefficient (Wildman–Crippen LogP) is 4.29. The first-order chi connectivity index (χ1) is 11.8. The largest absolute Gasteiger partial charge is 0.478 e. The van der Waals surface area contributed by atoms with E-state index in [9.17, 15) is 14.7 Å². The van der Waals surface area contributed by atoms with Crippen LogP contribution >= 0.6 is 0 Å². The second kappa shape index (κ2) is 9.97. The first-order valence-corrected chi connectivity index (χ1v) is 7.33. The fourth-order valence-corrected chi connectivity index (χ4v) is 1.92. The number of carboxylic acids is 1. The number of esters is 1. The Morgan fingerprint density at radius 3 is 2.24 bits per heavy atom. The van der Waals surface area contributed by atoms with Crippen LogP contribution < -0.4 is 0 Å². The number of hydrogen-bond donors (Lipinski definition) is 1. The predicted molar refractivity (Wildman–Crippen MR) is 81.7 cm³/mol. The number of rotatable bonds is 10. The average Bonchev–Trinajstić information content (AvgIpc) is 2.57. The monoisotopic (exact) mass is 296 g/mol. The second-order valence-electron chi connectivity index (χ2n) is 4.81. The molecule has 0 saturated heterocycles. The van der Waals surface area contributed by atoms with Gasteiger partial charge in [0.05, 0.1) is 23.2 Å². The smallest absolute Gasteiger partial charge is 0.339 e. The third-order valence-electron chi connectivity index (χ3n) is 3.09. The van der Waals surface area contributed by atoms with Crippen LogP contribution in [0.3, 0.4) is 0 Å². The molecule has 1 N–H and O–H groups in total. The molecule has 0 atom stereocenters. The molecule has 116 valence electrons. The topological polar surface area (TPSA) is 63.6 Å². The summed E-state index contributed by atoms with van der Waals surface area (Å²) in [4.78, 5) is 23.5. The number of carbonyl (C=O) groups is 2. The van der Waals surface area contributed by atoms with Crippen LogP contribution in [-0.2, 0) is 4.74 Å². The van der Waals surface area contributed by atoms with E-state index in [-0.39, 0.29) is 6.61 Å². The number of carboxylic acid groups (broad SMARTS) is 1. The minimum Gasteiger partial charge on any atom is -0.478 e. The Morgan fingerprint density at radius 1 is 1.05 bits per heavy atom. The highest BCUT2D eigenvalue weighted by Gasteiger charge is 2.16. The van der Waals surface area contributed by atoms with Gasteiger partial charge in [0.15, 0.2) is 0 Å². The number of unbranched alkanes of at least 4 members (excludes halogenated alkanes) is 6. The summed E-state index contributed by atoms with van der Waals surface area (Å²) in [6, 6.07) is -2.79. The van der Waals surface area contributed by atoms with Crippen molar-refractivity contribution in [3.63, 3.8) is 0 Å². The Balaban J connectivity index is 2.71. The van der Waals surface area contributed by atoms with Gasteiger partial charge in [-0.25, -0.2) is 9.59 Å². The summed E-state index contributed by atoms with van der Waals surface area (Å²) in [5, 5.41) is 9.19. The van der Waals surface area contributed by atoms with E-state index < -0.39 is 47.2 Å². The molecule has 4 heteroatoms. The number of hydrogen-bond acceptors (Lipinski definition) is 3. The van der Waals surface area contributed by atoms with Crippen molar-refractivity contribution in [2.24, 2.45) is 0 Å².